The topological polar surface area (TPSA) is 47.9 Å². The second-order valence-electron chi connectivity index (χ2n) is 8.87. The van der Waals surface area contributed by atoms with Crippen molar-refractivity contribution in [2.24, 2.45) is 5.92 Å². The molecule has 26 heavy (non-hydrogen) atoms. The van der Waals surface area contributed by atoms with Gasteiger partial charge in [0.25, 0.3) is 0 Å². The van der Waals surface area contributed by atoms with Crippen LogP contribution in [0.2, 0.25) is 18.1 Å². The van der Waals surface area contributed by atoms with Crippen LogP contribution in [0.5, 0.6) is 5.75 Å². The molecule has 0 spiro atoms. The fraction of sp³-hybridized carbons (Fsp3) is 0.619. The molecule has 0 radical (unpaired) electrons. The molecule has 148 valence electrons. The Morgan fingerprint density at radius 1 is 1.12 bits per heavy atom. The normalized spacial score (nSPS) is 14.9. The Labute approximate surface area is 160 Å². The molecular weight excluding hydrogens is 344 g/mol. The van der Waals surface area contributed by atoms with E-state index >= 15 is 0 Å². The second-order valence-corrected chi connectivity index (χ2v) is 13.6. The molecule has 0 aliphatic carbocycles. The van der Waals surface area contributed by atoms with Gasteiger partial charge in [-0.3, -0.25) is 0 Å². The molecule has 0 heterocycles. The van der Waals surface area contributed by atoms with E-state index < -0.39 is 14.1 Å². The van der Waals surface area contributed by atoms with Crippen molar-refractivity contribution in [2.45, 2.75) is 72.4 Å². The van der Waals surface area contributed by atoms with Crippen molar-refractivity contribution in [3.63, 3.8) is 0 Å². The molecule has 4 nitrogen and oxygen atoms in total. The Morgan fingerprint density at radius 3 is 2.08 bits per heavy atom. The van der Waals surface area contributed by atoms with E-state index in [-0.39, 0.29) is 11.0 Å². The van der Waals surface area contributed by atoms with Gasteiger partial charge >= 0.3 is 0 Å². The second kappa shape index (κ2) is 8.25. The number of hydrogen-bond donors (Lipinski definition) is 1. The number of rotatable bonds is 7. The lowest BCUT2D eigenvalue weighted by Crippen LogP contribution is -2.44. The van der Waals surface area contributed by atoms with E-state index in [2.05, 4.69) is 47.7 Å². The van der Waals surface area contributed by atoms with E-state index in [0.717, 1.165) is 16.9 Å². The first kappa shape index (κ1) is 22.9. The lowest BCUT2D eigenvalue weighted by molar-refractivity contribution is -0.393. The molecule has 0 amide bonds. The summed E-state index contributed by atoms with van der Waals surface area (Å²) in [7, 11) is -0.431. The maximum absolute atomic E-state index is 9.86. The van der Waals surface area contributed by atoms with Crippen LogP contribution < -0.4 is 4.43 Å². The summed E-state index contributed by atoms with van der Waals surface area (Å²) in [5.41, 5.74) is 2.65. The Balaban J connectivity index is 3.47. The zero-order valence-corrected chi connectivity index (χ0v) is 19.1. The Morgan fingerprint density at radius 2 is 1.69 bits per heavy atom. The average molecular weight is 381 g/mol. The molecule has 0 saturated heterocycles. The molecule has 1 rings (SSSR count). The predicted molar refractivity (Wildman–Crippen MR) is 110 cm³/mol. The molecule has 5 heteroatoms. The van der Waals surface area contributed by atoms with Crippen molar-refractivity contribution in [2.75, 3.05) is 7.11 Å². The van der Waals surface area contributed by atoms with Crippen LogP contribution in [-0.4, -0.2) is 20.7 Å². The minimum Gasteiger partial charge on any atom is -0.543 e. The highest BCUT2D eigenvalue weighted by molar-refractivity contribution is 6.74. The van der Waals surface area contributed by atoms with Crippen LogP contribution in [0, 0.1) is 5.92 Å². The first-order valence-corrected chi connectivity index (χ1v) is 12.1. The van der Waals surface area contributed by atoms with Crippen LogP contribution in [0.4, 0.5) is 0 Å². The van der Waals surface area contributed by atoms with Gasteiger partial charge in [0.1, 0.15) is 5.75 Å². The van der Waals surface area contributed by atoms with E-state index in [4.69, 9.17) is 14.1 Å². The summed E-state index contributed by atoms with van der Waals surface area (Å²) in [5, 5.41) is 9.95. The van der Waals surface area contributed by atoms with E-state index in [1.165, 1.54) is 0 Å². The maximum atomic E-state index is 9.86. The third-order valence-electron chi connectivity index (χ3n) is 5.28. The SMILES string of the molecule is COC(OO)(C(=C(C)C)C(C)C)c1cccc(O[Si](C)(C)C(C)(C)C)c1. The van der Waals surface area contributed by atoms with Gasteiger partial charge in [0.15, 0.2) is 0 Å². The van der Waals surface area contributed by atoms with Crippen LogP contribution in [0.3, 0.4) is 0 Å². The summed E-state index contributed by atoms with van der Waals surface area (Å²) in [5.74, 6) is -0.443. The van der Waals surface area contributed by atoms with Gasteiger partial charge in [-0.2, -0.15) is 4.89 Å². The smallest absolute Gasteiger partial charge is 0.250 e. The summed E-state index contributed by atoms with van der Waals surface area (Å²) in [6, 6.07) is 7.65. The fourth-order valence-corrected chi connectivity index (χ4v) is 4.04. The van der Waals surface area contributed by atoms with Crippen molar-refractivity contribution in [3.05, 3.63) is 41.0 Å². The van der Waals surface area contributed by atoms with Crippen LogP contribution in [0.1, 0.15) is 54.0 Å². The highest BCUT2D eigenvalue weighted by Crippen LogP contribution is 2.42. The quantitative estimate of drug-likeness (QED) is 0.197. The zero-order valence-electron chi connectivity index (χ0n) is 18.1. The van der Waals surface area contributed by atoms with Crippen molar-refractivity contribution < 1.29 is 19.3 Å². The van der Waals surface area contributed by atoms with E-state index in [1.807, 2.05) is 38.1 Å². The molecular formula is C21H36O4Si. The monoisotopic (exact) mass is 380 g/mol. The number of ether oxygens (including phenoxy) is 1. The van der Waals surface area contributed by atoms with E-state index in [9.17, 15) is 5.26 Å². The molecule has 0 aliphatic heterocycles. The van der Waals surface area contributed by atoms with Gasteiger partial charge in [0.2, 0.25) is 14.1 Å². The van der Waals surface area contributed by atoms with Gasteiger partial charge in [0.05, 0.1) is 0 Å². The van der Waals surface area contributed by atoms with Crippen molar-refractivity contribution in [1.82, 2.24) is 0 Å². The number of benzene rings is 1. The summed E-state index contributed by atoms with van der Waals surface area (Å²) in [6.45, 7) is 19.2. The molecule has 0 bridgehead atoms. The molecule has 0 aliphatic rings. The van der Waals surface area contributed by atoms with Gasteiger partial charge in [-0.1, -0.05) is 52.3 Å². The summed E-state index contributed by atoms with van der Waals surface area (Å²) >= 11 is 0. The van der Waals surface area contributed by atoms with Crippen molar-refractivity contribution in [1.29, 1.82) is 0 Å². The number of allylic oxidation sites excluding steroid dienone is 1. The molecule has 1 unspecified atom stereocenters. The summed E-state index contributed by atoms with van der Waals surface area (Å²) < 4.78 is 12.2. The summed E-state index contributed by atoms with van der Waals surface area (Å²) in [6.07, 6.45) is 0. The zero-order chi connectivity index (χ0) is 20.3. The van der Waals surface area contributed by atoms with Crippen molar-refractivity contribution in [3.8, 4) is 5.75 Å². The van der Waals surface area contributed by atoms with Crippen LogP contribution in [0.25, 0.3) is 0 Å². The Hall–Kier alpha value is -1.14. The largest absolute Gasteiger partial charge is 0.543 e. The summed E-state index contributed by atoms with van der Waals surface area (Å²) in [4.78, 5) is 4.99. The number of hydrogen-bond acceptors (Lipinski definition) is 4. The molecule has 0 saturated carbocycles. The van der Waals surface area contributed by atoms with Gasteiger partial charge in [-0.15, -0.1) is 0 Å². The Bertz CT molecular complexity index is 634. The first-order valence-electron chi connectivity index (χ1n) is 9.17. The third-order valence-corrected chi connectivity index (χ3v) is 9.64. The van der Waals surface area contributed by atoms with Crippen molar-refractivity contribution >= 4 is 8.32 Å². The molecule has 1 aromatic rings. The molecule has 1 atom stereocenters. The standard InChI is InChI=1S/C21H36O4Si/c1-15(2)19(16(3)4)21(23-8,25-22)17-12-11-13-18(14-17)24-26(9,10)20(5,6)7/h11-15,22H,1-10H3. The van der Waals surface area contributed by atoms with Gasteiger partial charge in [0, 0.05) is 12.7 Å². The Kier molecular flexibility index (Phi) is 7.27. The highest BCUT2D eigenvalue weighted by atomic mass is 28.4. The minimum atomic E-state index is -1.98. The third kappa shape index (κ3) is 4.57. The van der Waals surface area contributed by atoms with E-state index in [0.29, 0.717) is 5.56 Å². The molecule has 0 aromatic heterocycles. The van der Waals surface area contributed by atoms with E-state index in [1.54, 1.807) is 7.11 Å². The van der Waals surface area contributed by atoms with Crippen LogP contribution in [0.15, 0.2) is 35.4 Å². The fourth-order valence-electron chi connectivity index (χ4n) is 3.02. The molecule has 1 N–H and O–H groups in total. The van der Waals surface area contributed by atoms with Gasteiger partial charge in [-0.25, -0.2) is 5.26 Å². The average Bonchev–Trinajstić information content (AvgIpc) is 2.50. The molecule has 1 aromatic carbocycles. The van der Waals surface area contributed by atoms with Gasteiger partial charge < -0.3 is 9.16 Å². The number of methoxy groups -OCH3 is 1. The van der Waals surface area contributed by atoms with Gasteiger partial charge in [-0.05, 0) is 55.6 Å². The minimum absolute atomic E-state index is 0.0951. The maximum Gasteiger partial charge on any atom is 0.250 e. The molecule has 0 fully saturated rings. The first-order chi connectivity index (χ1) is 11.8. The van der Waals surface area contributed by atoms with Crippen LogP contribution in [-0.2, 0) is 15.4 Å². The van der Waals surface area contributed by atoms with Crippen LogP contribution >= 0.6 is 0 Å². The lowest BCUT2D eigenvalue weighted by Gasteiger charge is -2.38. The highest BCUT2D eigenvalue weighted by Gasteiger charge is 2.42. The predicted octanol–water partition coefficient (Wildman–Crippen LogP) is 6.35. The lowest BCUT2D eigenvalue weighted by atomic mass is 9.86.